The Morgan fingerprint density at radius 1 is 1.71 bits per heavy atom. The molecular weight excluding hydrogens is 106 g/mol. The molecule has 0 atom stereocenters. The lowest BCUT2D eigenvalue weighted by Crippen LogP contribution is -1.70. The van der Waals surface area contributed by atoms with Crippen LogP contribution in [-0.4, -0.2) is 5.04 Å². The second-order valence-electron chi connectivity index (χ2n) is 1.14. The van der Waals surface area contributed by atoms with Gasteiger partial charge in [0.05, 0.1) is 5.04 Å². The van der Waals surface area contributed by atoms with Crippen LogP contribution < -0.4 is 0 Å². The van der Waals surface area contributed by atoms with Crippen molar-refractivity contribution in [3.63, 3.8) is 0 Å². The van der Waals surface area contributed by atoms with Crippen molar-refractivity contribution in [1.82, 2.24) is 0 Å². The first-order valence-electron chi connectivity index (χ1n) is 2.10. The Morgan fingerprint density at radius 3 is 2.43 bits per heavy atom. The fourth-order valence-electron chi connectivity index (χ4n) is 0.170. The zero-order valence-corrected chi connectivity index (χ0v) is 5.38. The van der Waals surface area contributed by atoms with Gasteiger partial charge < -0.3 is 0 Å². The Kier molecular flexibility index (Phi) is 3.80. The maximum absolute atomic E-state index is 6.91. The van der Waals surface area contributed by atoms with Gasteiger partial charge in [0.2, 0.25) is 0 Å². The average Bonchev–Trinajstić information content (AvgIpc) is 1.61. The van der Waals surface area contributed by atoms with Crippen molar-refractivity contribution in [3.8, 4) is 0 Å². The van der Waals surface area contributed by atoms with Crippen molar-refractivity contribution in [2.45, 2.75) is 13.8 Å². The molecular formula is C5H9NS. The zero-order valence-electron chi connectivity index (χ0n) is 4.56. The lowest BCUT2D eigenvalue weighted by Gasteiger charge is -1.82. The van der Waals surface area contributed by atoms with Crippen LogP contribution in [-0.2, 0) is 0 Å². The minimum absolute atomic E-state index is 0.637. The smallest absolute Gasteiger partial charge is 0.0652 e. The SMILES string of the molecule is CC=CSC(C)=N. The maximum atomic E-state index is 6.91. The molecule has 0 amide bonds. The van der Waals surface area contributed by atoms with Gasteiger partial charge in [-0.15, -0.1) is 0 Å². The fraction of sp³-hybridized carbons (Fsp3) is 0.400. The van der Waals surface area contributed by atoms with E-state index in [-0.39, 0.29) is 0 Å². The van der Waals surface area contributed by atoms with E-state index >= 15 is 0 Å². The minimum Gasteiger partial charge on any atom is -0.298 e. The molecule has 7 heavy (non-hydrogen) atoms. The largest absolute Gasteiger partial charge is 0.298 e. The van der Waals surface area contributed by atoms with Gasteiger partial charge in [-0.1, -0.05) is 17.8 Å². The summed E-state index contributed by atoms with van der Waals surface area (Å²) in [5.74, 6) is 0. The lowest BCUT2D eigenvalue weighted by atomic mass is 10.8. The molecule has 0 bridgehead atoms. The highest BCUT2D eigenvalue weighted by molar-refractivity contribution is 8.16. The van der Waals surface area contributed by atoms with Gasteiger partial charge in [-0.05, 0) is 19.3 Å². The van der Waals surface area contributed by atoms with Crippen LogP contribution in [0.5, 0.6) is 0 Å². The predicted octanol–water partition coefficient (Wildman–Crippen LogP) is 2.25. The summed E-state index contributed by atoms with van der Waals surface area (Å²) in [6, 6.07) is 0. The van der Waals surface area contributed by atoms with Gasteiger partial charge in [-0.2, -0.15) is 0 Å². The Morgan fingerprint density at radius 2 is 2.29 bits per heavy atom. The molecule has 0 aliphatic heterocycles. The van der Waals surface area contributed by atoms with Gasteiger partial charge in [0.15, 0.2) is 0 Å². The topological polar surface area (TPSA) is 23.9 Å². The molecule has 0 aromatic carbocycles. The van der Waals surface area contributed by atoms with E-state index in [1.165, 1.54) is 11.8 Å². The maximum Gasteiger partial charge on any atom is 0.0652 e. The van der Waals surface area contributed by atoms with E-state index in [1.807, 2.05) is 18.4 Å². The Bertz CT molecular complexity index is 86.1. The van der Waals surface area contributed by atoms with Gasteiger partial charge in [-0.3, -0.25) is 5.41 Å². The molecule has 0 rings (SSSR count). The van der Waals surface area contributed by atoms with E-state index < -0.39 is 0 Å². The van der Waals surface area contributed by atoms with Gasteiger partial charge >= 0.3 is 0 Å². The molecule has 0 aliphatic carbocycles. The van der Waals surface area contributed by atoms with Crippen molar-refractivity contribution in [3.05, 3.63) is 11.5 Å². The van der Waals surface area contributed by atoms with E-state index in [2.05, 4.69) is 0 Å². The summed E-state index contributed by atoms with van der Waals surface area (Å²) >= 11 is 1.43. The van der Waals surface area contributed by atoms with E-state index in [4.69, 9.17) is 5.41 Å². The first-order valence-corrected chi connectivity index (χ1v) is 2.98. The third-order valence-electron chi connectivity index (χ3n) is 0.381. The number of hydrogen-bond donors (Lipinski definition) is 1. The summed E-state index contributed by atoms with van der Waals surface area (Å²) in [4.78, 5) is 0. The monoisotopic (exact) mass is 115 g/mol. The van der Waals surface area contributed by atoms with E-state index in [0.29, 0.717) is 5.04 Å². The molecule has 0 spiro atoms. The van der Waals surface area contributed by atoms with Crippen LogP contribution in [0, 0.1) is 5.41 Å². The normalized spacial score (nSPS) is 10.0. The number of hydrogen-bond acceptors (Lipinski definition) is 2. The fourth-order valence-corrected chi connectivity index (χ4v) is 0.510. The van der Waals surface area contributed by atoms with Crippen LogP contribution in [0.15, 0.2) is 11.5 Å². The average molecular weight is 115 g/mol. The molecule has 0 aromatic rings. The summed E-state index contributed by atoms with van der Waals surface area (Å²) in [6.45, 7) is 3.71. The van der Waals surface area contributed by atoms with Crippen LogP contribution >= 0.6 is 11.8 Å². The molecule has 0 unspecified atom stereocenters. The van der Waals surface area contributed by atoms with Crippen molar-refractivity contribution < 1.29 is 0 Å². The van der Waals surface area contributed by atoms with Crippen LogP contribution in [0.25, 0.3) is 0 Å². The van der Waals surface area contributed by atoms with Crippen molar-refractivity contribution in [1.29, 1.82) is 5.41 Å². The van der Waals surface area contributed by atoms with E-state index in [0.717, 1.165) is 0 Å². The molecule has 2 heteroatoms. The standard InChI is InChI=1S/C5H9NS/c1-3-4-7-5(2)6/h3-4,6H,1-2H3. The van der Waals surface area contributed by atoms with Crippen molar-refractivity contribution in [2.75, 3.05) is 0 Å². The number of allylic oxidation sites excluding steroid dienone is 1. The van der Waals surface area contributed by atoms with E-state index in [1.54, 1.807) is 6.92 Å². The molecule has 0 saturated heterocycles. The Labute approximate surface area is 48.3 Å². The first-order chi connectivity index (χ1) is 3.27. The molecule has 0 aromatic heterocycles. The first kappa shape index (κ1) is 6.76. The summed E-state index contributed by atoms with van der Waals surface area (Å²) in [6.07, 6.45) is 1.92. The summed E-state index contributed by atoms with van der Waals surface area (Å²) in [5, 5.41) is 9.44. The van der Waals surface area contributed by atoms with Crippen LogP contribution in [0.1, 0.15) is 13.8 Å². The molecule has 0 fully saturated rings. The molecule has 0 saturated carbocycles. The highest BCUT2D eigenvalue weighted by Crippen LogP contribution is 2.01. The molecule has 0 aliphatic rings. The summed E-state index contributed by atoms with van der Waals surface area (Å²) in [5.41, 5.74) is 0. The van der Waals surface area contributed by atoms with Gasteiger partial charge in [-0.25, -0.2) is 0 Å². The van der Waals surface area contributed by atoms with Gasteiger partial charge in [0.1, 0.15) is 0 Å². The molecule has 40 valence electrons. The van der Waals surface area contributed by atoms with E-state index in [9.17, 15) is 0 Å². The molecule has 0 radical (unpaired) electrons. The highest BCUT2D eigenvalue weighted by Gasteiger charge is 1.76. The predicted molar refractivity (Wildman–Crippen MR) is 35.8 cm³/mol. The Balaban J connectivity index is 3.14. The second kappa shape index (κ2) is 3.93. The van der Waals surface area contributed by atoms with Crippen LogP contribution in [0.2, 0.25) is 0 Å². The third kappa shape index (κ3) is 5.76. The van der Waals surface area contributed by atoms with Gasteiger partial charge in [0, 0.05) is 0 Å². The lowest BCUT2D eigenvalue weighted by molar-refractivity contribution is 1.54. The second-order valence-corrected chi connectivity index (χ2v) is 2.26. The highest BCUT2D eigenvalue weighted by atomic mass is 32.2. The molecule has 1 N–H and O–H groups in total. The number of thioether (sulfide) groups is 1. The quantitative estimate of drug-likeness (QED) is 0.411. The van der Waals surface area contributed by atoms with Crippen molar-refractivity contribution >= 4 is 16.8 Å². The molecule has 0 heterocycles. The van der Waals surface area contributed by atoms with Crippen LogP contribution in [0.3, 0.4) is 0 Å². The molecule has 1 nitrogen and oxygen atoms in total. The minimum atomic E-state index is 0.637. The third-order valence-corrected chi connectivity index (χ3v) is 1.14. The van der Waals surface area contributed by atoms with Crippen LogP contribution in [0.4, 0.5) is 0 Å². The summed E-state index contributed by atoms with van der Waals surface area (Å²) < 4.78 is 0. The van der Waals surface area contributed by atoms with Crippen molar-refractivity contribution in [2.24, 2.45) is 0 Å². The number of nitrogens with one attached hydrogen (secondary N) is 1. The number of rotatable bonds is 1. The van der Waals surface area contributed by atoms with Gasteiger partial charge in [0.25, 0.3) is 0 Å². The zero-order chi connectivity index (χ0) is 5.70. The Hall–Kier alpha value is -0.240. The summed E-state index contributed by atoms with van der Waals surface area (Å²) in [7, 11) is 0.